The van der Waals surface area contributed by atoms with Crippen LogP contribution in [0.25, 0.3) is 0 Å². The summed E-state index contributed by atoms with van der Waals surface area (Å²) in [7, 11) is 0. The van der Waals surface area contributed by atoms with Crippen molar-refractivity contribution < 1.29 is 13.9 Å². The van der Waals surface area contributed by atoms with E-state index in [9.17, 15) is 0 Å². The van der Waals surface area contributed by atoms with E-state index in [1.54, 1.807) is 0 Å². The summed E-state index contributed by atoms with van der Waals surface area (Å²) in [6.07, 6.45) is 2.37. The summed E-state index contributed by atoms with van der Waals surface area (Å²) in [6, 6.07) is 4.29. The fourth-order valence-electron chi connectivity index (χ4n) is 4.59. The summed E-state index contributed by atoms with van der Waals surface area (Å²) in [5.74, 6) is 2.97. The zero-order valence-corrected chi connectivity index (χ0v) is 20.0. The van der Waals surface area contributed by atoms with Gasteiger partial charge in [-0.25, -0.2) is 0 Å². The Morgan fingerprint density at radius 2 is 2.00 bits per heavy atom. The van der Waals surface area contributed by atoms with Crippen molar-refractivity contribution in [2.24, 2.45) is 10.4 Å². The molecule has 0 saturated carbocycles. The van der Waals surface area contributed by atoms with Gasteiger partial charge in [-0.2, -0.15) is 0 Å². The molecule has 2 atom stereocenters. The van der Waals surface area contributed by atoms with Crippen LogP contribution in [-0.2, 0) is 9.47 Å². The first-order valence-corrected chi connectivity index (χ1v) is 10.7. The van der Waals surface area contributed by atoms with Gasteiger partial charge in [-0.1, -0.05) is 0 Å². The zero-order valence-electron chi connectivity index (χ0n) is 17.7. The van der Waals surface area contributed by atoms with E-state index in [0.29, 0.717) is 12.0 Å². The Labute approximate surface area is 191 Å². The Bertz CT molecular complexity index is 669. The van der Waals surface area contributed by atoms with E-state index >= 15 is 0 Å². The number of aliphatic imine (C=N–C) groups is 1. The van der Waals surface area contributed by atoms with Crippen LogP contribution in [0.4, 0.5) is 0 Å². The van der Waals surface area contributed by atoms with Crippen LogP contribution in [0.3, 0.4) is 0 Å². The van der Waals surface area contributed by atoms with Crippen molar-refractivity contribution in [2.45, 2.75) is 32.7 Å². The Kier molecular flexibility index (Phi) is 8.23. The molecule has 2 unspecified atom stereocenters. The lowest BCUT2D eigenvalue weighted by Gasteiger charge is -2.33. The van der Waals surface area contributed by atoms with Gasteiger partial charge in [-0.15, -0.1) is 24.0 Å². The van der Waals surface area contributed by atoms with Gasteiger partial charge in [0.05, 0.1) is 32.4 Å². The average Bonchev–Trinajstić information content (AvgIpc) is 3.45. The van der Waals surface area contributed by atoms with Gasteiger partial charge in [-0.3, -0.25) is 9.89 Å². The lowest BCUT2D eigenvalue weighted by atomic mass is 9.87. The predicted octanol–water partition coefficient (Wildman–Crippen LogP) is 2.66. The predicted molar refractivity (Wildman–Crippen MR) is 124 cm³/mol. The molecule has 3 aliphatic heterocycles. The summed E-state index contributed by atoms with van der Waals surface area (Å²) in [4.78, 5) is 9.91. The Morgan fingerprint density at radius 1 is 1.17 bits per heavy atom. The lowest BCUT2D eigenvalue weighted by Crippen LogP contribution is -2.43. The second-order valence-corrected chi connectivity index (χ2v) is 8.28. The van der Waals surface area contributed by atoms with Crippen LogP contribution in [0.15, 0.2) is 21.5 Å². The second kappa shape index (κ2) is 10.5. The topological polar surface area (TPSA) is 62.5 Å². The van der Waals surface area contributed by atoms with Gasteiger partial charge < -0.3 is 24.1 Å². The van der Waals surface area contributed by atoms with Gasteiger partial charge in [0.1, 0.15) is 11.5 Å². The molecule has 7 nitrogen and oxygen atoms in total. The highest BCUT2D eigenvalue weighted by Crippen LogP contribution is 2.38. The molecule has 0 aromatic carbocycles. The van der Waals surface area contributed by atoms with Crippen molar-refractivity contribution in [3.8, 4) is 0 Å². The number of halogens is 1. The van der Waals surface area contributed by atoms with E-state index in [2.05, 4.69) is 28.1 Å². The molecule has 1 aromatic rings. The fourth-order valence-corrected chi connectivity index (χ4v) is 4.59. The number of nitrogens with zero attached hydrogens (tertiary/aromatic N) is 3. The van der Waals surface area contributed by atoms with Crippen LogP contribution in [-0.4, -0.2) is 81.5 Å². The number of nitrogens with one attached hydrogen (secondary N) is 1. The molecule has 1 aromatic heterocycles. The molecule has 8 heteroatoms. The van der Waals surface area contributed by atoms with Crippen LogP contribution in [0.5, 0.6) is 0 Å². The Balaban J connectivity index is 0.00000240. The third-order valence-corrected chi connectivity index (χ3v) is 6.25. The second-order valence-electron chi connectivity index (χ2n) is 8.28. The minimum Gasteiger partial charge on any atom is -0.465 e. The van der Waals surface area contributed by atoms with Crippen LogP contribution in [0.2, 0.25) is 0 Å². The maximum Gasteiger partial charge on any atom is 0.194 e. The molecule has 4 rings (SSSR count). The number of ether oxygens (including phenoxy) is 2. The first-order chi connectivity index (χ1) is 13.7. The summed E-state index contributed by atoms with van der Waals surface area (Å²) in [5.41, 5.74) is 0.331. The van der Waals surface area contributed by atoms with Crippen LogP contribution >= 0.6 is 24.0 Å². The number of hydrogen-bond acceptors (Lipinski definition) is 5. The number of aryl methyl sites for hydroxylation is 1. The molecule has 0 aliphatic carbocycles. The monoisotopic (exact) mass is 518 g/mol. The molecule has 164 valence electrons. The van der Waals surface area contributed by atoms with Crippen LogP contribution < -0.4 is 5.32 Å². The van der Waals surface area contributed by atoms with Crippen molar-refractivity contribution in [3.63, 3.8) is 0 Å². The molecule has 1 spiro atoms. The zero-order chi connectivity index (χ0) is 19.4. The fraction of sp³-hybridized carbons (Fsp3) is 0.762. The Morgan fingerprint density at radius 3 is 2.66 bits per heavy atom. The summed E-state index contributed by atoms with van der Waals surface area (Å²) in [6.45, 7) is 13.0. The van der Waals surface area contributed by atoms with E-state index in [-0.39, 0.29) is 30.0 Å². The standard InChI is InChI=1S/C21H34N4O3.HI/c1-3-22-20(25-8-6-21(15-25)7-11-27-16-21)23-14-18(19-5-4-17(2)28-19)24-9-12-26-13-10-24;/h4-5,18H,3,6-16H2,1-2H3,(H,22,23);1H. The summed E-state index contributed by atoms with van der Waals surface area (Å²) >= 11 is 0. The smallest absolute Gasteiger partial charge is 0.194 e. The molecule has 0 amide bonds. The maximum atomic E-state index is 5.99. The molecular weight excluding hydrogens is 483 g/mol. The molecule has 0 bridgehead atoms. The molecule has 3 aliphatic rings. The molecule has 3 fully saturated rings. The highest BCUT2D eigenvalue weighted by molar-refractivity contribution is 14.0. The van der Waals surface area contributed by atoms with Crippen molar-refractivity contribution >= 4 is 29.9 Å². The van der Waals surface area contributed by atoms with Gasteiger partial charge in [-0.05, 0) is 38.8 Å². The van der Waals surface area contributed by atoms with Gasteiger partial charge in [0.2, 0.25) is 0 Å². The largest absolute Gasteiger partial charge is 0.465 e. The maximum absolute atomic E-state index is 5.99. The normalized spacial score (nSPS) is 26.7. The molecule has 29 heavy (non-hydrogen) atoms. The highest BCUT2D eigenvalue weighted by atomic mass is 127. The molecule has 0 radical (unpaired) electrons. The summed E-state index contributed by atoms with van der Waals surface area (Å²) in [5, 5.41) is 3.51. The molecule has 1 N–H and O–H groups in total. The van der Waals surface area contributed by atoms with Gasteiger partial charge in [0.15, 0.2) is 5.96 Å². The van der Waals surface area contributed by atoms with E-state index in [1.165, 1.54) is 12.8 Å². The van der Waals surface area contributed by atoms with Gasteiger partial charge in [0.25, 0.3) is 0 Å². The average molecular weight is 518 g/mol. The van der Waals surface area contributed by atoms with Gasteiger partial charge in [0, 0.05) is 44.7 Å². The number of guanidine groups is 1. The molecule has 3 saturated heterocycles. The summed E-state index contributed by atoms with van der Waals surface area (Å²) < 4.78 is 17.2. The minimum atomic E-state index is 0. The van der Waals surface area contributed by atoms with Crippen molar-refractivity contribution in [1.82, 2.24) is 15.1 Å². The number of furan rings is 1. The number of rotatable bonds is 5. The van der Waals surface area contributed by atoms with E-state index < -0.39 is 0 Å². The highest BCUT2D eigenvalue weighted by Gasteiger charge is 2.42. The third kappa shape index (κ3) is 5.45. The Hall–Kier alpha value is -0.840. The SMILES string of the molecule is CCNC(=NCC(c1ccc(C)o1)N1CCOCC1)N1CCC2(CCOC2)C1.I. The van der Waals surface area contributed by atoms with Crippen molar-refractivity contribution in [3.05, 3.63) is 23.7 Å². The van der Waals surface area contributed by atoms with E-state index in [4.69, 9.17) is 18.9 Å². The third-order valence-electron chi connectivity index (χ3n) is 6.25. The molecule has 4 heterocycles. The number of likely N-dealkylation sites (tertiary alicyclic amines) is 1. The first kappa shape index (κ1) is 22.8. The first-order valence-electron chi connectivity index (χ1n) is 10.7. The van der Waals surface area contributed by atoms with Crippen molar-refractivity contribution in [2.75, 3.05) is 65.7 Å². The van der Waals surface area contributed by atoms with Crippen LogP contribution in [0.1, 0.15) is 37.3 Å². The van der Waals surface area contributed by atoms with Crippen LogP contribution in [0, 0.1) is 12.3 Å². The lowest BCUT2D eigenvalue weighted by molar-refractivity contribution is 0.0135. The van der Waals surface area contributed by atoms with E-state index in [1.807, 2.05) is 13.0 Å². The van der Waals surface area contributed by atoms with Gasteiger partial charge >= 0.3 is 0 Å². The number of hydrogen-bond donors (Lipinski definition) is 1. The molecular formula is C21H35IN4O3. The van der Waals surface area contributed by atoms with E-state index in [0.717, 1.165) is 76.6 Å². The minimum absolute atomic E-state index is 0. The van der Waals surface area contributed by atoms with Crippen molar-refractivity contribution in [1.29, 1.82) is 0 Å². The number of morpholine rings is 1. The quantitative estimate of drug-likeness (QED) is 0.368.